The second kappa shape index (κ2) is 6.44. The molecule has 9 heteroatoms. The summed E-state index contributed by atoms with van der Waals surface area (Å²) in [6.45, 7) is 4.02. The van der Waals surface area contributed by atoms with Crippen molar-refractivity contribution < 1.29 is 13.2 Å². The van der Waals surface area contributed by atoms with Gasteiger partial charge in [-0.05, 0) is 13.0 Å². The Morgan fingerprint density at radius 3 is 2.52 bits per heavy atom. The minimum atomic E-state index is -3.17. The molecule has 1 aliphatic heterocycles. The number of amides is 2. The number of hydrogen-bond acceptors (Lipinski definition) is 4. The van der Waals surface area contributed by atoms with E-state index in [9.17, 15) is 13.2 Å². The SMILES string of the molecule is C[C@@H](Cn1cccn1)NC(=O)N1CCN(S(C)(=O)=O)CC1. The van der Waals surface area contributed by atoms with Gasteiger partial charge in [-0.1, -0.05) is 0 Å². The number of nitrogens with one attached hydrogen (secondary N) is 1. The minimum absolute atomic E-state index is 0.0506. The normalized spacial score (nSPS) is 18.5. The Morgan fingerprint density at radius 1 is 1.33 bits per heavy atom. The lowest BCUT2D eigenvalue weighted by Gasteiger charge is -2.33. The molecule has 1 aromatic rings. The van der Waals surface area contributed by atoms with Crippen molar-refractivity contribution in [3.63, 3.8) is 0 Å². The van der Waals surface area contributed by atoms with E-state index in [-0.39, 0.29) is 12.1 Å². The lowest BCUT2D eigenvalue weighted by atomic mass is 10.3. The second-order valence-electron chi connectivity index (χ2n) is 5.23. The van der Waals surface area contributed by atoms with E-state index in [1.165, 1.54) is 10.6 Å². The average molecular weight is 315 g/mol. The molecule has 1 atom stereocenters. The van der Waals surface area contributed by atoms with E-state index in [0.717, 1.165) is 0 Å². The molecule has 21 heavy (non-hydrogen) atoms. The van der Waals surface area contributed by atoms with Gasteiger partial charge in [0.15, 0.2) is 0 Å². The first kappa shape index (κ1) is 15.8. The van der Waals surface area contributed by atoms with Crippen molar-refractivity contribution in [2.24, 2.45) is 0 Å². The van der Waals surface area contributed by atoms with Crippen LogP contribution in [-0.4, -0.2) is 71.9 Å². The molecular formula is C12H21N5O3S. The van der Waals surface area contributed by atoms with Crippen LogP contribution in [0.5, 0.6) is 0 Å². The molecule has 1 aliphatic rings. The molecule has 0 radical (unpaired) electrons. The fraction of sp³-hybridized carbons (Fsp3) is 0.667. The van der Waals surface area contributed by atoms with Gasteiger partial charge in [-0.3, -0.25) is 4.68 Å². The maximum Gasteiger partial charge on any atom is 0.317 e. The summed E-state index contributed by atoms with van der Waals surface area (Å²) in [6.07, 6.45) is 4.72. The number of rotatable bonds is 4. The monoisotopic (exact) mass is 315 g/mol. The zero-order chi connectivity index (χ0) is 15.5. The molecule has 0 saturated carbocycles. The third-order valence-corrected chi connectivity index (χ3v) is 4.69. The molecule has 1 N–H and O–H groups in total. The molecule has 1 fully saturated rings. The van der Waals surface area contributed by atoms with E-state index >= 15 is 0 Å². The first-order valence-corrected chi connectivity index (χ1v) is 8.69. The highest BCUT2D eigenvalue weighted by molar-refractivity contribution is 7.88. The quantitative estimate of drug-likeness (QED) is 0.816. The molecule has 1 aromatic heterocycles. The second-order valence-corrected chi connectivity index (χ2v) is 7.21. The zero-order valence-corrected chi connectivity index (χ0v) is 13.1. The van der Waals surface area contributed by atoms with Gasteiger partial charge in [0.1, 0.15) is 0 Å². The summed E-state index contributed by atoms with van der Waals surface area (Å²) < 4.78 is 26.0. The van der Waals surface area contributed by atoms with E-state index in [4.69, 9.17) is 0 Å². The van der Waals surface area contributed by atoms with Crippen LogP contribution in [0.1, 0.15) is 6.92 Å². The van der Waals surface area contributed by atoms with Crippen LogP contribution in [-0.2, 0) is 16.6 Å². The number of urea groups is 1. The Morgan fingerprint density at radius 2 is 2.00 bits per heavy atom. The molecule has 2 amide bonds. The van der Waals surface area contributed by atoms with Crippen molar-refractivity contribution in [1.82, 2.24) is 24.3 Å². The van der Waals surface area contributed by atoms with Crippen LogP contribution in [0.4, 0.5) is 4.79 Å². The topological polar surface area (TPSA) is 87.5 Å². The van der Waals surface area contributed by atoms with Crippen molar-refractivity contribution in [2.45, 2.75) is 19.5 Å². The molecule has 0 spiro atoms. The lowest BCUT2D eigenvalue weighted by molar-refractivity contribution is 0.168. The van der Waals surface area contributed by atoms with Crippen LogP contribution >= 0.6 is 0 Å². The Hall–Kier alpha value is -1.61. The van der Waals surface area contributed by atoms with Crippen LogP contribution in [0.2, 0.25) is 0 Å². The molecule has 0 aliphatic carbocycles. The highest BCUT2D eigenvalue weighted by atomic mass is 32.2. The van der Waals surface area contributed by atoms with Gasteiger partial charge in [0.05, 0.1) is 12.8 Å². The summed E-state index contributed by atoms with van der Waals surface area (Å²) in [5.74, 6) is 0. The molecule has 0 unspecified atom stereocenters. The van der Waals surface area contributed by atoms with Gasteiger partial charge in [0, 0.05) is 44.6 Å². The van der Waals surface area contributed by atoms with Crippen LogP contribution in [0.25, 0.3) is 0 Å². The van der Waals surface area contributed by atoms with Gasteiger partial charge >= 0.3 is 6.03 Å². The Kier molecular flexibility index (Phi) is 4.84. The number of nitrogens with zero attached hydrogens (tertiary/aromatic N) is 4. The van der Waals surface area contributed by atoms with Gasteiger partial charge in [0.25, 0.3) is 0 Å². The Labute approximate surface area is 124 Å². The van der Waals surface area contributed by atoms with Crippen molar-refractivity contribution >= 4 is 16.1 Å². The van der Waals surface area contributed by atoms with Gasteiger partial charge in [-0.15, -0.1) is 0 Å². The van der Waals surface area contributed by atoms with E-state index in [0.29, 0.717) is 32.7 Å². The molecule has 0 bridgehead atoms. The maximum absolute atomic E-state index is 12.1. The van der Waals surface area contributed by atoms with Crippen molar-refractivity contribution in [1.29, 1.82) is 0 Å². The smallest absolute Gasteiger partial charge is 0.317 e. The highest BCUT2D eigenvalue weighted by Gasteiger charge is 2.26. The summed E-state index contributed by atoms with van der Waals surface area (Å²) in [5, 5.41) is 6.99. The molecule has 8 nitrogen and oxygen atoms in total. The fourth-order valence-corrected chi connectivity index (χ4v) is 3.09. The summed E-state index contributed by atoms with van der Waals surface area (Å²) in [6, 6.07) is 1.62. The third kappa shape index (κ3) is 4.43. The number of piperazine rings is 1. The molecule has 118 valence electrons. The summed E-state index contributed by atoms with van der Waals surface area (Å²) in [4.78, 5) is 13.8. The predicted molar refractivity (Wildman–Crippen MR) is 78.2 cm³/mol. The lowest BCUT2D eigenvalue weighted by Crippen LogP contribution is -2.54. The average Bonchev–Trinajstić information content (AvgIpc) is 2.90. The maximum atomic E-state index is 12.1. The van der Waals surface area contributed by atoms with Crippen molar-refractivity contribution in [3.8, 4) is 0 Å². The van der Waals surface area contributed by atoms with Crippen molar-refractivity contribution in [2.75, 3.05) is 32.4 Å². The van der Waals surface area contributed by atoms with Gasteiger partial charge in [-0.2, -0.15) is 9.40 Å². The highest BCUT2D eigenvalue weighted by Crippen LogP contribution is 2.06. The summed E-state index contributed by atoms with van der Waals surface area (Å²) in [5.41, 5.74) is 0. The summed E-state index contributed by atoms with van der Waals surface area (Å²) in [7, 11) is -3.17. The van der Waals surface area contributed by atoms with Gasteiger partial charge in [0.2, 0.25) is 10.0 Å². The standard InChI is InChI=1S/C12H21N5O3S/c1-11(10-16-5-3-4-13-16)14-12(18)15-6-8-17(9-7-15)21(2,19)20/h3-5,11H,6-10H2,1-2H3,(H,14,18)/t11-/m0/s1. The van der Waals surface area contributed by atoms with Crippen LogP contribution in [0, 0.1) is 0 Å². The fourth-order valence-electron chi connectivity index (χ4n) is 2.26. The van der Waals surface area contributed by atoms with E-state index in [2.05, 4.69) is 10.4 Å². The van der Waals surface area contributed by atoms with E-state index < -0.39 is 10.0 Å². The van der Waals surface area contributed by atoms with E-state index in [1.54, 1.807) is 15.8 Å². The van der Waals surface area contributed by atoms with Crippen LogP contribution in [0.15, 0.2) is 18.5 Å². The van der Waals surface area contributed by atoms with Crippen LogP contribution < -0.4 is 5.32 Å². The number of aromatic nitrogens is 2. The van der Waals surface area contributed by atoms with Crippen molar-refractivity contribution in [3.05, 3.63) is 18.5 Å². The Bertz CT molecular complexity index is 564. The molecule has 0 aromatic carbocycles. The van der Waals surface area contributed by atoms with Crippen LogP contribution in [0.3, 0.4) is 0 Å². The van der Waals surface area contributed by atoms with Gasteiger partial charge < -0.3 is 10.2 Å². The van der Waals surface area contributed by atoms with E-state index in [1.807, 2.05) is 19.2 Å². The largest absolute Gasteiger partial charge is 0.334 e. The summed E-state index contributed by atoms with van der Waals surface area (Å²) >= 11 is 0. The zero-order valence-electron chi connectivity index (χ0n) is 12.3. The number of carbonyl (C=O) groups is 1. The number of carbonyl (C=O) groups excluding carboxylic acids is 1. The van der Waals surface area contributed by atoms with Gasteiger partial charge in [-0.25, -0.2) is 13.2 Å². The predicted octanol–water partition coefficient (Wildman–Crippen LogP) is -0.442. The number of sulfonamides is 1. The Balaban J connectivity index is 1.79. The first-order chi connectivity index (χ1) is 9.86. The minimum Gasteiger partial charge on any atom is -0.334 e. The molecule has 2 rings (SSSR count). The molecular weight excluding hydrogens is 294 g/mol. The molecule has 2 heterocycles. The molecule has 1 saturated heterocycles. The first-order valence-electron chi connectivity index (χ1n) is 6.84. The number of hydrogen-bond donors (Lipinski definition) is 1. The third-order valence-electron chi connectivity index (χ3n) is 3.38.